The molecule has 23 heavy (non-hydrogen) atoms. The summed E-state index contributed by atoms with van der Waals surface area (Å²) < 4.78 is 42.1. The van der Waals surface area contributed by atoms with E-state index >= 15 is 0 Å². The van der Waals surface area contributed by atoms with E-state index in [4.69, 9.17) is 4.74 Å². The van der Waals surface area contributed by atoms with Gasteiger partial charge in [0, 0.05) is 12.8 Å². The van der Waals surface area contributed by atoms with E-state index in [9.17, 15) is 17.6 Å². The van der Waals surface area contributed by atoms with Gasteiger partial charge in [0.2, 0.25) is 0 Å². The molecule has 0 bridgehead atoms. The Balaban J connectivity index is 1.64. The van der Waals surface area contributed by atoms with Crippen molar-refractivity contribution in [1.29, 1.82) is 0 Å². The normalized spacial score (nSPS) is 26.0. The largest absolute Gasteiger partial charge is 0.378 e. The Morgan fingerprint density at radius 2 is 2.04 bits per heavy atom. The summed E-state index contributed by atoms with van der Waals surface area (Å²) in [5.74, 6) is -0.274. The van der Waals surface area contributed by atoms with Crippen LogP contribution in [0.1, 0.15) is 24.3 Å². The van der Waals surface area contributed by atoms with Gasteiger partial charge in [0.25, 0.3) is 0 Å². The maximum atomic E-state index is 13.7. The number of carbonyl (C=O) groups excluding carboxylic acids is 1. The number of urea groups is 1. The molecule has 1 aliphatic carbocycles. The molecule has 2 amide bonds. The van der Waals surface area contributed by atoms with Crippen molar-refractivity contribution in [1.82, 2.24) is 5.32 Å². The first kappa shape index (κ1) is 16.2. The summed E-state index contributed by atoms with van der Waals surface area (Å²) in [6.07, 6.45) is 1.37. The fourth-order valence-corrected chi connectivity index (χ4v) is 4.70. The molecule has 1 saturated carbocycles. The van der Waals surface area contributed by atoms with Crippen LogP contribution >= 0.6 is 0 Å². The number of benzene rings is 1. The lowest BCUT2D eigenvalue weighted by atomic mass is 10.1. The lowest BCUT2D eigenvalue weighted by molar-refractivity contribution is 0.102. The lowest BCUT2D eigenvalue weighted by Crippen LogP contribution is -2.45. The van der Waals surface area contributed by atoms with Crippen molar-refractivity contribution in [3.63, 3.8) is 0 Å². The van der Waals surface area contributed by atoms with Gasteiger partial charge in [-0.05, 0) is 42.5 Å². The fourth-order valence-electron chi connectivity index (χ4n) is 2.85. The quantitative estimate of drug-likeness (QED) is 0.871. The third-order valence-corrected chi connectivity index (χ3v) is 5.89. The molecule has 1 saturated heterocycles. The molecule has 1 aromatic carbocycles. The van der Waals surface area contributed by atoms with E-state index in [1.807, 2.05) is 0 Å². The van der Waals surface area contributed by atoms with Gasteiger partial charge in [0.05, 0.1) is 23.7 Å². The van der Waals surface area contributed by atoms with Crippen molar-refractivity contribution in [2.45, 2.75) is 30.9 Å². The van der Waals surface area contributed by atoms with Crippen LogP contribution in [0.15, 0.2) is 18.2 Å². The molecule has 2 unspecified atom stereocenters. The van der Waals surface area contributed by atoms with E-state index in [1.54, 1.807) is 6.07 Å². The maximum absolute atomic E-state index is 13.7. The summed E-state index contributed by atoms with van der Waals surface area (Å²) in [5.41, 5.74) is 1.10. The molecule has 2 fully saturated rings. The molecule has 126 valence electrons. The van der Waals surface area contributed by atoms with E-state index in [2.05, 4.69) is 10.6 Å². The summed E-state index contributed by atoms with van der Waals surface area (Å²) in [6.45, 7) is 0. The Morgan fingerprint density at radius 3 is 2.70 bits per heavy atom. The van der Waals surface area contributed by atoms with Crippen molar-refractivity contribution in [3.05, 3.63) is 29.6 Å². The molecule has 2 N–H and O–H groups in total. The van der Waals surface area contributed by atoms with Crippen LogP contribution in [0.4, 0.5) is 14.9 Å². The minimum absolute atomic E-state index is 0.100. The highest BCUT2D eigenvalue weighted by Gasteiger charge is 2.38. The molecule has 6 nitrogen and oxygen atoms in total. The Labute approximate surface area is 134 Å². The zero-order chi connectivity index (χ0) is 16.6. The highest BCUT2D eigenvalue weighted by molar-refractivity contribution is 7.91. The lowest BCUT2D eigenvalue weighted by Gasteiger charge is -2.18. The van der Waals surface area contributed by atoms with Crippen LogP contribution in [0, 0.1) is 5.82 Å². The highest BCUT2D eigenvalue weighted by Crippen LogP contribution is 2.42. The SMILES string of the molecule is COC1CS(=O)(=O)CC1NC(=O)Nc1ccc(F)c(C2CC2)c1. The number of methoxy groups -OCH3 is 1. The first-order valence-electron chi connectivity index (χ1n) is 7.48. The third-order valence-electron chi connectivity index (χ3n) is 4.19. The van der Waals surface area contributed by atoms with Gasteiger partial charge < -0.3 is 15.4 Å². The predicted octanol–water partition coefficient (Wildman–Crippen LogP) is 1.64. The Hall–Kier alpha value is -1.67. The second-order valence-corrected chi connectivity index (χ2v) is 8.22. The molecule has 0 radical (unpaired) electrons. The monoisotopic (exact) mass is 342 g/mol. The molecule has 0 aromatic heterocycles. The Bertz CT molecular complexity index is 718. The van der Waals surface area contributed by atoms with E-state index in [-0.39, 0.29) is 23.2 Å². The van der Waals surface area contributed by atoms with Crippen LogP contribution in [0.5, 0.6) is 0 Å². The van der Waals surface area contributed by atoms with Crippen molar-refractivity contribution >= 4 is 21.6 Å². The van der Waals surface area contributed by atoms with Crippen molar-refractivity contribution in [2.75, 3.05) is 23.9 Å². The predicted molar refractivity (Wildman–Crippen MR) is 83.8 cm³/mol. The first-order chi connectivity index (χ1) is 10.9. The maximum Gasteiger partial charge on any atom is 0.319 e. The number of nitrogens with one attached hydrogen (secondary N) is 2. The number of ether oxygens (including phenoxy) is 1. The Kier molecular flexibility index (Phi) is 4.29. The van der Waals surface area contributed by atoms with E-state index in [1.165, 1.54) is 19.2 Å². The number of sulfone groups is 1. The van der Waals surface area contributed by atoms with Gasteiger partial charge in [-0.15, -0.1) is 0 Å². The smallest absolute Gasteiger partial charge is 0.319 e. The van der Waals surface area contributed by atoms with Crippen LogP contribution < -0.4 is 10.6 Å². The fraction of sp³-hybridized carbons (Fsp3) is 0.533. The minimum Gasteiger partial charge on any atom is -0.378 e. The van der Waals surface area contributed by atoms with Crippen molar-refractivity contribution in [2.24, 2.45) is 0 Å². The number of hydrogen-bond donors (Lipinski definition) is 2. The highest BCUT2D eigenvalue weighted by atomic mass is 32.2. The van der Waals surface area contributed by atoms with Crippen molar-refractivity contribution in [3.8, 4) is 0 Å². The number of anilines is 1. The molecule has 2 atom stereocenters. The van der Waals surface area contributed by atoms with Crippen molar-refractivity contribution < 1.29 is 22.3 Å². The van der Waals surface area contributed by atoms with E-state index < -0.39 is 28.0 Å². The Morgan fingerprint density at radius 1 is 1.30 bits per heavy atom. The third kappa shape index (κ3) is 3.81. The number of amides is 2. The standard InChI is InChI=1S/C15H19FN2O4S/c1-22-14-8-23(20,21)7-13(14)18-15(19)17-10-4-5-12(16)11(6-10)9-2-3-9/h4-6,9,13-14H,2-3,7-8H2,1H3,(H2,17,18,19). The van der Waals surface area contributed by atoms with Crippen LogP contribution in [0.2, 0.25) is 0 Å². The summed E-state index contributed by atoms with van der Waals surface area (Å²) >= 11 is 0. The number of hydrogen-bond acceptors (Lipinski definition) is 4. The van der Waals surface area contributed by atoms with Crippen LogP contribution in [-0.4, -0.2) is 45.2 Å². The van der Waals surface area contributed by atoms with Crippen LogP contribution in [-0.2, 0) is 14.6 Å². The van der Waals surface area contributed by atoms with Gasteiger partial charge in [0.1, 0.15) is 5.82 Å². The second kappa shape index (κ2) is 6.09. The molecular weight excluding hydrogens is 323 g/mol. The first-order valence-corrected chi connectivity index (χ1v) is 9.30. The van der Waals surface area contributed by atoms with Gasteiger partial charge in [-0.1, -0.05) is 0 Å². The van der Waals surface area contributed by atoms with Crippen LogP contribution in [0.25, 0.3) is 0 Å². The molecule has 2 aliphatic rings. The molecule has 1 aromatic rings. The zero-order valence-corrected chi connectivity index (χ0v) is 13.5. The number of halogens is 1. The van der Waals surface area contributed by atoms with Gasteiger partial charge >= 0.3 is 6.03 Å². The summed E-state index contributed by atoms with van der Waals surface area (Å²) in [6, 6.07) is 3.34. The van der Waals surface area contributed by atoms with Gasteiger partial charge in [-0.3, -0.25) is 0 Å². The van der Waals surface area contributed by atoms with E-state index in [0.29, 0.717) is 11.3 Å². The van der Waals surface area contributed by atoms with E-state index in [0.717, 1.165) is 12.8 Å². The van der Waals surface area contributed by atoms with Gasteiger partial charge in [-0.25, -0.2) is 17.6 Å². The average Bonchev–Trinajstić information content (AvgIpc) is 3.26. The number of rotatable bonds is 4. The zero-order valence-electron chi connectivity index (χ0n) is 12.7. The molecule has 3 rings (SSSR count). The second-order valence-electron chi connectivity index (χ2n) is 6.07. The minimum atomic E-state index is -3.21. The summed E-state index contributed by atoms with van der Waals surface area (Å²) in [7, 11) is -1.79. The summed E-state index contributed by atoms with van der Waals surface area (Å²) in [5, 5.41) is 5.24. The molecule has 8 heteroatoms. The molecule has 1 heterocycles. The summed E-state index contributed by atoms with van der Waals surface area (Å²) in [4.78, 5) is 12.1. The van der Waals surface area contributed by atoms with Gasteiger partial charge in [-0.2, -0.15) is 0 Å². The molecule has 1 aliphatic heterocycles. The molecule has 0 spiro atoms. The molecular formula is C15H19FN2O4S. The number of carbonyl (C=O) groups is 1. The topological polar surface area (TPSA) is 84.5 Å². The van der Waals surface area contributed by atoms with Gasteiger partial charge in [0.15, 0.2) is 9.84 Å². The van der Waals surface area contributed by atoms with Crippen LogP contribution in [0.3, 0.4) is 0 Å². The average molecular weight is 342 g/mol.